The molecular weight excluding hydrogens is 195 g/mol. The van der Waals surface area contributed by atoms with Crippen LogP contribution in [-0.2, 0) is 0 Å². The molecule has 2 rings (SSSR count). The number of phenols is 2. The summed E-state index contributed by atoms with van der Waals surface area (Å²) in [4.78, 5) is 0. The normalized spacial score (nSPS) is 10.2. The molecule has 0 aromatic heterocycles. The van der Waals surface area contributed by atoms with Crippen molar-refractivity contribution in [1.82, 2.24) is 0 Å². The third-order valence-electron chi connectivity index (χ3n) is 2.14. The Bertz CT molecular complexity index is 477. The van der Waals surface area contributed by atoms with Crippen molar-refractivity contribution >= 4 is 0 Å². The summed E-state index contributed by atoms with van der Waals surface area (Å²) in [5.74, 6) is -0.434. The predicted octanol–water partition coefficient (Wildman–Crippen LogP) is 2.90. The second-order valence-electron chi connectivity index (χ2n) is 3.21. The summed E-state index contributed by atoms with van der Waals surface area (Å²) in [6.45, 7) is 0. The summed E-state index contributed by atoms with van der Waals surface area (Å²) >= 11 is 0. The molecule has 0 bridgehead atoms. The summed E-state index contributed by atoms with van der Waals surface area (Å²) in [6, 6.07) is 10.2. The van der Waals surface area contributed by atoms with E-state index in [0.717, 1.165) is 11.6 Å². The van der Waals surface area contributed by atoms with Crippen LogP contribution in [-0.4, -0.2) is 10.2 Å². The number of benzene rings is 2. The zero-order valence-corrected chi connectivity index (χ0v) is 7.81. The minimum Gasteiger partial charge on any atom is -0.508 e. The molecular formula is C12H9FO2. The molecule has 76 valence electrons. The Morgan fingerprint density at radius 1 is 0.867 bits per heavy atom. The van der Waals surface area contributed by atoms with Gasteiger partial charge >= 0.3 is 0 Å². The lowest BCUT2D eigenvalue weighted by Crippen LogP contribution is -1.80. The van der Waals surface area contributed by atoms with Crippen molar-refractivity contribution in [3.63, 3.8) is 0 Å². The van der Waals surface area contributed by atoms with Crippen molar-refractivity contribution in [3.8, 4) is 22.6 Å². The number of halogens is 1. The first-order valence-corrected chi connectivity index (χ1v) is 4.45. The molecule has 0 heterocycles. The fourth-order valence-electron chi connectivity index (χ4n) is 1.39. The molecule has 0 saturated heterocycles. The first kappa shape index (κ1) is 9.52. The quantitative estimate of drug-likeness (QED) is 0.749. The monoisotopic (exact) mass is 204 g/mol. The van der Waals surface area contributed by atoms with Crippen molar-refractivity contribution in [1.29, 1.82) is 0 Å². The highest BCUT2D eigenvalue weighted by Gasteiger charge is 2.04. The Morgan fingerprint density at radius 3 is 2.13 bits per heavy atom. The van der Waals surface area contributed by atoms with E-state index in [0.29, 0.717) is 5.56 Å². The molecule has 0 atom stereocenters. The molecule has 2 aromatic carbocycles. The third-order valence-corrected chi connectivity index (χ3v) is 2.14. The maximum atomic E-state index is 12.7. The molecule has 2 N–H and O–H groups in total. The topological polar surface area (TPSA) is 40.5 Å². The second-order valence-corrected chi connectivity index (χ2v) is 3.21. The van der Waals surface area contributed by atoms with E-state index < -0.39 is 5.82 Å². The smallest absolute Gasteiger partial charge is 0.126 e. The van der Waals surface area contributed by atoms with Gasteiger partial charge in [-0.25, -0.2) is 4.39 Å². The van der Waals surface area contributed by atoms with Gasteiger partial charge in [0.05, 0.1) is 0 Å². The highest BCUT2D eigenvalue weighted by molar-refractivity contribution is 5.70. The van der Waals surface area contributed by atoms with Crippen LogP contribution in [0.25, 0.3) is 11.1 Å². The van der Waals surface area contributed by atoms with Gasteiger partial charge in [-0.05, 0) is 29.8 Å². The summed E-state index contributed by atoms with van der Waals surface area (Å²) in [5, 5.41) is 18.6. The zero-order chi connectivity index (χ0) is 10.8. The fraction of sp³-hybridized carbons (Fsp3) is 0. The molecule has 3 heteroatoms. The van der Waals surface area contributed by atoms with Crippen LogP contribution in [0.4, 0.5) is 4.39 Å². The van der Waals surface area contributed by atoms with Gasteiger partial charge in [0, 0.05) is 11.6 Å². The molecule has 0 amide bonds. The molecule has 0 aliphatic rings. The summed E-state index contributed by atoms with van der Waals surface area (Å²) in [7, 11) is 0. The van der Waals surface area contributed by atoms with E-state index in [1.807, 2.05) is 0 Å². The van der Waals surface area contributed by atoms with Gasteiger partial charge in [-0.15, -0.1) is 0 Å². The molecule has 0 aliphatic carbocycles. The van der Waals surface area contributed by atoms with Gasteiger partial charge in [0.2, 0.25) is 0 Å². The highest BCUT2D eigenvalue weighted by Crippen LogP contribution is 2.30. The molecule has 15 heavy (non-hydrogen) atoms. The summed E-state index contributed by atoms with van der Waals surface area (Å²) < 4.78 is 12.7. The van der Waals surface area contributed by atoms with Gasteiger partial charge in [-0.1, -0.05) is 12.1 Å². The largest absolute Gasteiger partial charge is 0.508 e. The number of aromatic hydroxyl groups is 2. The number of hydrogen-bond acceptors (Lipinski definition) is 2. The van der Waals surface area contributed by atoms with Crippen molar-refractivity contribution in [2.45, 2.75) is 0 Å². The van der Waals surface area contributed by atoms with Gasteiger partial charge in [0.25, 0.3) is 0 Å². The lowest BCUT2D eigenvalue weighted by molar-refractivity contribution is 0.470. The number of phenolic OH excluding ortho intramolecular Hbond substituents is 2. The first-order chi connectivity index (χ1) is 7.16. The maximum Gasteiger partial charge on any atom is 0.126 e. The molecule has 0 aliphatic heterocycles. The standard InChI is InChI=1S/C12H9FO2/c13-9-3-6-11(12(15)7-9)8-1-4-10(14)5-2-8/h1-7,14-15H. The molecule has 0 spiro atoms. The molecule has 2 nitrogen and oxygen atoms in total. The van der Waals surface area contributed by atoms with Crippen molar-refractivity contribution in [2.75, 3.05) is 0 Å². The van der Waals surface area contributed by atoms with E-state index in [2.05, 4.69) is 0 Å². The van der Waals surface area contributed by atoms with Gasteiger partial charge in [0.1, 0.15) is 17.3 Å². The minimum absolute atomic E-state index is 0.110. The van der Waals surface area contributed by atoms with Crippen LogP contribution in [0.3, 0.4) is 0 Å². The first-order valence-electron chi connectivity index (χ1n) is 4.45. The minimum atomic E-state index is -0.477. The van der Waals surface area contributed by atoms with Crippen molar-refractivity contribution in [2.24, 2.45) is 0 Å². The number of rotatable bonds is 1. The molecule has 0 saturated carbocycles. The molecule has 0 radical (unpaired) electrons. The Labute approximate surface area is 86.2 Å². The van der Waals surface area contributed by atoms with Crippen LogP contribution in [0.2, 0.25) is 0 Å². The predicted molar refractivity (Wildman–Crippen MR) is 55.2 cm³/mol. The lowest BCUT2D eigenvalue weighted by atomic mass is 10.0. The van der Waals surface area contributed by atoms with E-state index >= 15 is 0 Å². The van der Waals surface area contributed by atoms with Crippen molar-refractivity contribution < 1.29 is 14.6 Å². The van der Waals surface area contributed by atoms with Gasteiger partial charge < -0.3 is 10.2 Å². The van der Waals surface area contributed by atoms with Crippen LogP contribution in [0, 0.1) is 5.82 Å². The summed E-state index contributed by atoms with van der Waals surface area (Å²) in [5.41, 5.74) is 1.27. The van der Waals surface area contributed by atoms with Gasteiger partial charge in [0.15, 0.2) is 0 Å². The van der Waals surface area contributed by atoms with E-state index in [9.17, 15) is 9.50 Å². The molecule has 0 unspecified atom stereocenters. The van der Waals surface area contributed by atoms with E-state index in [1.54, 1.807) is 12.1 Å². The average molecular weight is 204 g/mol. The highest BCUT2D eigenvalue weighted by atomic mass is 19.1. The maximum absolute atomic E-state index is 12.7. The van der Waals surface area contributed by atoms with E-state index in [-0.39, 0.29) is 11.5 Å². The Balaban J connectivity index is 2.49. The van der Waals surface area contributed by atoms with Crippen LogP contribution in [0.1, 0.15) is 0 Å². The van der Waals surface area contributed by atoms with Gasteiger partial charge in [-0.2, -0.15) is 0 Å². The van der Waals surface area contributed by atoms with Crippen LogP contribution in [0.5, 0.6) is 11.5 Å². The van der Waals surface area contributed by atoms with Crippen LogP contribution >= 0.6 is 0 Å². The Morgan fingerprint density at radius 2 is 1.53 bits per heavy atom. The average Bonchev–Trinajstić information content (AvgIpc) is 2.20. The number of hydrogen-bond donors (Lipinski definition) is 2. The Hall–Kier alpha value is -2.03. The lowest BCUT2D eigenvalue weighted by Gasteiger charge is -2.04. The van der Waals surface area contributed by atoms with E-state index in [1.165, 1.54) is 24.3 Å². The van der Waals surface area contributed by atoms with Crippen LogP contribution in [0.15, 0.2) is 42.5 Å². The van der Waals surface area contributed by atoms with E-state index in [4.69, 9.17) is 5.11 Å². The SMILES string of the molecule is Oc1ccc(-c2ccc(F)cc2O)cc1. The van der Waals surface area contributed by atoms with Crippen molar-refractivity contribution in [3.05, 3.63) is 48.3 Å². The van der Waals surface area contributed by atoms with Crippen LogP contribution < -0.4 is 0 Å². The van der Waals surface area contributed by atoms with Gasteiger partial charge in [-0.3, -0.25) is 0 Å². The second kappa shape index (κ2) is 3.61. The molecule has 2 aromatic rings. The third kappa shape index (κ3) is 1.91. The molecule has 0 fully saturated rings. The summed E-state index contributed by atoms with van der Waals surface area (Å²) in [6.07, 6.45) is 0. The zero-order valence-electron chi connectivity index (χ0n) is 7.81. The Kier molecular flexibility index (Phi) is 2.29. The fourth-order valence-corrected chi connectivity index (χ4v) is 1.39.